The molecule has 0 bridgehead atoms. The Hall–Kier alpha value is -2.73. The number of benzene rings is 2. The Balaban J connectivity index is 1.66. The SMILES string of the molecule is CC(=O)c1cccc(OCC(=O)Nc2nc3c(C)cc(C)cc3s2)c1. The van der Waals surface area contributed by atoms with Crippen LogP contribution in [-0.2, 0) is 4.79 Å². The summed E-state index contributed by atoms with van der Waals surface area (Å²) in [6, 6.07) is 10.9. The van der Waals surface area contributed by atoms with Crippen molar-refractivity contribution in [3.63, 3.8) is 0 Å². The number of ketones is 1. The zero-order valence-corrected chi connectivity index (χ0v) is 15.1. The van der Waals surface area contributed by atoms with Gasteiger partial charge in [0.25, 0.3) is 5.91 Å². The molecule has 5 nitrogen and oxygen atoms in total. The summed E-state index contributed by atoms with van der Waals surface area (Å²) in [5, 5.41) is 3.31. The molecule has 25 heavy (non-hydrogen) atoms. The van der Waals surface area contributed by atoms with Crippen LogP contribution in [0.5, 0.6) is 5.75 Å². The van der Waals surface area contributed by atoms with Crippen LogP contribution in [0.25, 0.3) is 10.2 Å². The summed E-state index contributed by atoms with van der Waals surface area (Å²) < 4.78 is 6.50. The largest absolute Gasteiger partial charge is 0.484 e. The van der Waals surface area contributed by atoms with Crippen LogP contribution >= 0.6 is 11.3 Å². The number of aromatic nitrogens is 1. The molecule has 3 rings (SSSR count). The Morgan fingerprint density at radius 3 is 2.76 bits per heavy atom. The molecule has 1 N–H and O–H groups in total. The molecule has 0 saturated heterocycles. The number of ether oxygens (including phenoxy) is 1. The lowest BCUT2D eigenvalue weighted by atomic mass is 10.1. The maximum Gasteiger partial charge on any atom is 0.264 e. The third-order valence-corrected chi connectivity index (χ3v) is 4.60. The van der Waals surface area contributed by atoms with Crippen molar-refractivity contribution in [1.82, 2.24) is 4.98 Å². The Kier molecular flexibility index (Phi) is 4.81. The van der Waals surface area contributed by atoms with E-state index in [2.05, 4.69) is 22.4 Å². The summed E-state index contributed by atoms with van der Waals surface area (Å²) in [4.78, 5) is 27.9. The van der Waals surface area contributed by atoms with E-state index in [4.69, 9.17) is 4.74 Å². The molecule has 0 unspecified atom stereocenters. The van der Waals surface area contributed by atoms with Gasteiger partial charge >= 0.3 is 0 Å². The molecule has 2 aromatic carbocycles. The van der Waals surface area contributed by atoms with Crippen molar-refractivity contribution in [2.45, 2.75) is 20.8 Å². The minimum Gasteiger partial charge on any atom is -0.484 e. The van der Waals surface area contributed by atoms with Crippen LogP contribution in [0, 0.1) is 13.8 Å². The standard InChI is InChI=1S/C19H18N2O3S/c1-11-7-12(2)18-16(8-11)25-19(21-18)20-17(23)10-24-15-6-4-5-14(9-15)13(3)22/h4-9H,10H2,1-3H3,(H,20,21,23). The van der Waals surface area contributed by atoms with Gasteiger partial charge in [-0.25, -0.2) is 4.98 Å². The van der Waals surface area contributed by atoms with Crippen LogP contribution in [0.15, 0.2) is 36.4 Å². The molecule has 0 aliphatic rings. The van der Waals surface area contributed by atoms with Crippen LogP contribution in [0.2, 0.25) is 0 Å². The van der Waals surface area contributed by atoms with Gasteiger partial charge in [-0.2, -0.15) is 0 Å². The van der Waals surface area contributed by atoms with Crippen molar-refractivity contribution < 1.29 is 14.3 Å². The van der Waals surface area contributed by atoms with Crippen LogP contribution in [-0.4, -0.2) is 23.3 Å². The summed E-state index contributed by atoms with van der Waals surface area (Å²) in [7, 11) is 0. The predicted molar refractivity (Wildman–Crippen MR) is 99.7 cm³/mol. The lowest BCUT2D eigenvalue weighted by Gasteiger charge is -2.06. The average molecular weight is 354 g/mol. The molecule has 0 saturated carbocycles. The number of thiazole rings is 1. The fraction of sp³-hybridized carbons (Fsp3) is 0.211. The van der Waals surface area contributed by atoms with Gasteiger partial charge < -0.3 is 4.74 Å². The molecular formula is C19H18N2O3S. The smallest absolute Gasteiger partial charge is 0.264 e. The fourth-order valence-corrected chi connectivity index (χ4v) is 3.59. The number of nitrogens with zero attached hydrogens (tertiary/aromatic N) is 1. The lowest BCUT2D eigenvalue weighted by Crippen LogP contribution is -2.20. The number of fused-ring (bicyclic) bond motifs is 1. The highest BCUT2D eigenvalue weighted by molar-refractivity contribution is 7.22. The van der Waals surface area contributed by atoms with Crippen molar-refractivity contribution in [1.29, 1.82) is 0 Å². The van der Waals surface area contributed by atoms with Gasteiger partial charge in [0.2, 0.25) is 0 Å². The number of hydrogen-bond acceptors (Lipinski definition) is 5. The highest BCUT2D eigenvalue weighted by atomic mass is 32.1. The van der Waals surface area contributed by atoms with E-state index in [0.717, 1.165) is 15.8 Å². The molecule has 0 atom stereocenters. The second kappa shape index (κ2) is 7.03. The number of carbonyl (C=O) groups excluding carboxylic acids is 2. The molecule has 1 heterocycles. The summed E-state index contributed by atoms with van der Waals surface area (Å²) in [6.07, 6.45) is 0. The van der Waals surface area contributed by atoms with Gasteiger partial charge in [-0.3, -0.25) is 14.9 Å². The molecule has 0 aliphatic heterocycles. The molecule has 0 spiro atoms. The quantitative estimate of drug-likeness (QED) is 0.700. The van der Waals surface area contributed by atoms with Gasteiger partial charge in [-0.15, -0.1) is 0 Å². The Bertz CT molecular complexity index is 962. The number of nitrogens with one attached hydrogen (secondary N) is 1. The van der Waals surface area contributed by atoms with Crippen molar-refractivity contribution in [3.05, 3.63) is 53.1 Å². The molecular weight excluding hydrogens is 336 g/mol. The molecule has 1 aromatic heterocycles. The Morgan fingerprint density at radius 1 is 1.20 bits per heavy atom. The van der Waals surface area contributed by atoms with Gasteiger partial charge in [-0.1, -0.05) is 29.5 Å². The van der Waals surface area contributed by atoms with E-state index in [-0.39, 0.29) is 18.3 Å². The third kappa shape index (κ3) is 4.03. The summed E-state index contributed by atoms with van der Waals surface area (Å²) in [5.41, 5.74) is 3.71. The maximum atomic E-state index is 12.1. The Labute approximate surface area is 149 Å². The van der Waals surface area contributed by atoms with Crippen LogP contribution in [0.3, 0.4) is 0 Å². The fourth-order valence-electron chi connectivity index (χ4n) is 2.53. The first kappa shape index (κ1) is 17.1. The molecule has 6 heteroatoms. The first-order valence-electron chi connectivity index (χ1n) is 7.84. The number of amides is 1. The zero-order chi connectivity index (χ0) is 18.0. The molecule has 3 aromatic rings. The van der Waals surface area contributed by atoms with E-state index in [1.54, 1.807) is 24.3 Å². The normalized spacial score (nSPS) is 10.7. The minimum atomic E-state index is -0.290. The second-order valence-electron chi connectivity index (χ2n) is 5.87. The summed E-state index contributed by atoms with van der Waals surface area (Å²) in [5.74, 6) is 0.148. The summed E-state index contributed by atoms with van der Waals surface area (Å²) in [6.45, 7) is 5.39. The first-order valence-corrected chi connectivity index (χ1v) is 8.65. The number of carbonyl (C=O) groups is 2. The van der Waals surface area contributed by atoms with Gasteiger partial charge in [0, 0.05) is 5.56 Å². The number of Topliss-reactive ketones (excluding diaryl/α,β-unsaturated/α-hetero) is 1. The molecule has 0 fully saturated rings. The van der Waals surface area contributed by atoms with E-state index in [1.165, 1.54) is 23.8 Å². The molecule has 0 aliphatic carbocycles. The van der Waals surface area contributed by atoms with Gasteiger partial charge in [0.1, 0.15) is 5.75 Å². The van der Waals surface area contributed by atoms with Crippen molar-refractivity contribution >= 4 is 38.4 Å². The number of aryl methyl sites for hydroxylation is 2. The van der Waals surface area contributed by atoms with Crippen molar-refractivity contribution in [2.75, 3.05) is 11.9 Å². The molecule has 1 amide bonds. The maximum absolute atomic E-state index is 12.1. The number of rotatable bonds is 5. The zero-order valence-electron chi connectivity index (χ0n) is 14.3. The predicted octanol–water partition coefficient (Wildman–Crippen LogP) is 4.13. The average Bonchev–Trinajstić information content (AvgIpc) is 2.95. The van der Waals surface area contributed by atoms with Gasteiger partial charge in [0.05, 0.1) is 10.2 Å². The first-order chi connectivity index (χ1) is 11.9. The number of anilines is 1. The monoisotopic (exact) mass is 354 g/mol. The van der Waals surface area contributed by atoms with E-state index < -0.39 is 0 Å². The second-order valence-corrected chi connectivity index (χ2v) is 6.90. The molecule has 128 valence electrons. The van der Waals surface area contributed by atoms with E-state index >= 15 is 0 Å². The van der Waals surface area contributed by atoms with Gasteiger partial charge in [-0.05, 0) is 50.1 Å². The van der Waals surface area contributed by atoms with E-state index in [1.807, 2.05) is 13.8 Å². The van der Waals surface area contributed by atoms with Crippen molar-refractivity contribution in [2.24, 2.45) is 0 Å². The van der Waals surface area contributed by atoms with Crippen LogP contribution in [0.1, 0.15) is 28.4 Å². The highest BCUT2D eigenvalue weighted by Crippen LogP contribution is 2.29. The molecule has 0 radical (unpaired) electrons. The topological polar surface area (TPSA) is 68.3 Å². The highest BCUT2D eigenvalue weighted by Gasteiger charge is 2.11. The third-order valence-electron chi connectivity index (χ3n) is 3.69. The lowest BCUT2D eigenvalue weighted by molar-refractivity contribution is -0.118. The van der Waals surface area contributed by atoms with E-state index in [9.17, 15) is 9.59 Å². The minimum absolute atomic E-state index is 0.0463. The van der Waals surface area contributed by atoms with Crippen molar-refractivity contribution in [3.8, 4) is 5.75 Å². The van der Waals surface area contributed by atoms with E-state index in [0.29, 0.717) is 16.4 Å². The van der Waals surface area contributed by atoms with Crippen LogP contribution in [0.4, 0.5) is 5.13 Å². The summed E-state index contributed by atoms with van der Waals surface area (Å²) >= 11 is 1.44. The Morgan fingerprint density at radius 2 is 2.00 bits per heavy atom. The van der Waals surface area contributed by atoms with Crippen LogP contribution < -0.4 is 10.1 Å². The van der Waals surface area contributed by atoms with Gasteiger partial charge in [0.15, 0.2) is 17.5 Å². The number of hydrogen-bond donors (Lipinski definition) is 1.